The molecular weight excluding hydrogens is 505 g/mol. The summed E-state index contributed by atoms with van der Waals surface area (Å²) in [5.74, 6) is 0.143. The molecule has 0 unspecified atom stereocenters. The summed E-state index contributed by atoms with van der Waals surface area (Å²) in [6.07, 6.45) is 2.39. The van der Waals surface area contributed by atoms with Gasteiger partial charge in [-0.1, -0.05) is 66.2 Å². The van der Waals surface area contributed by atoms with E-state index in [-0.39, 0.29) is 19.1 Å². The maximum atomic E-state index is 12.7. The lowest BCUT2D eigenvalue weighted by Gasteiger charge is -2.13. The molecule has 0 spiro atoms. The Bertz CT molecular complexity index is 1090. The van der Waals surface area contributed by atoms with Crippen LogP contribution in [0.4, 0.5) is 0 Å². The van der Waals surface area contributed by atoms with E-state index in [1.54, 1.807) is 42.5 Å². The molecule has 6 nitrogen and oxygen atoms in total. The number of carbonyl (C=O) groups excluding carboxylic acids is 2. The van der Waals surface area contributed by atoms with Crippen LogP contribution in [0.3, 0.4) is 0 Å². The number of thioether (sulfide) groups is 1. The molecule has 1 saturated heterocycles. The summed E-state index contributed by atoms with van der Waals surface area (Å²) in [6, 6.07) is 10.5. The Balaban J connectivity index is 1.73. The van der Waals surface area contributed by atoms with Gasteiger partial charge in [-0.15, -0.1) is 0 Å². The summed E-state index contributed by atoms with van der Waals surface area (Å²) in [7, 11) is 1.52. The zero-order valence-corrected chi connectivity index (χ0v) is 21.1. The summed E-state index contributed by atoms with van der Waals surface area (Å²) in [4.78, 5) is 26.3. The van der Waals surface area contributed by atoms with Gasteiger partial charge in [0.25, 0.3) is 5.91 Å². The van der Waals surface area contributed by atoms with E-state index in [4.69, 9.17) is 49.6 Å². The van der Waals surface area contributed by atoms with Gasteiger partial charge in [0.2, 0.25) is 0 Å². The molecular formula is C23H21Cl2NO5S2. The molecule has 174 valence electrons. The van der Waals surface area contributed by atoms with Crippen molar-refractivity contribution in [1.82, 2.24) is 4.90 Å². The third-order valence-electron chi connectivity index (χ3n) is 4.55. The number of hydrogen-bond donors (Lipinski definition) is 0. The number of nitrogens with zero attached hydrogens (tertiary/aromatic N) is 1. The Hall–Kier alpha value is -2.26. The molecule has 1 aliphatic rings. The highest BCUT2D eigenvalue weighted by Gasteiger charge is 2.33. The third kappa shape index (κ3) is 6.41. The molecule has 0 bridgehead atoms. The highest BCUT2D eigenvalue weighted by Crippen LogP contribution is 2.35. The van der Waals surface area contributed by atoms with Gasteiger partial charge in [-0.3, -0.25) is 14.5 Å². The number of carbonyl (C=O) groups is 2. The molecule has 33 heavy (non-hydrogen) atoms. The van der Waals surface area contributed by atoms with E-state index in [1.807, 2.05) is 6.92 Å². The SMILES string of the molecule is CCCOC(=O)CN1C(=O)C(=Cc2ccc(OCc3c(Cl)cccc3Cl)c(OC)c2)SC1=S. The molecule has 2 aromatic carbocycles. The average Bonchev–Trinajstić information content (AvgIpc) is 3.05. The van der Waals surface area contributed by atoms with Crippen LogP contribution in [0, 0.1) is 0 Å². The van der Waals surface area contributed by atoms with Gasteiger partial charge in [0.15, 0.2) is 11.5 Å². The summed E-state index contributed by atoms with van der Waals surface area (Å²) in [6.45, 7) is 2.16. The number of amides is 1. The molecule has 0 aromatic heterocycles. The minimum atomic E-state index is -0.490. The van der Waals surface area contributed by atoms with Crippen LogP contribution in [-0.4, -0.2) is 41.4 Å². The minimum Gasteiger partial charge on any atom is -0.493 e. The summed E-state index contributed by atoms with van der Waals surface area (Å²) >= 11 is 18.8. The van der Waals surface area contributed by atoms with Crippen molar-refractivity contribution in [3.05, 3.63) is 62.5 Å². The van der Waals surface area contributed by atoms with E-state index in [0.29, 0.717) is 54.9 Å². The van der Waals surface area contributed by atoms with Crippen LogP contribution >= 0.6 is 47.2 Å². The van der Waals surface area contributed by atoms with E-state index in [2.05, 4.69) is 0 Å². The Morgan fingerprint density at radius 1 is 1.18 bits per heavy atom. The van der Waals surface area contributed by atoms with Gasteiger partial charge in [-0.25, -0.2) is 0 Å². The van der Waals surface area contributed by atoms with Gasteiger partial charge in [-0.2, -0.15) is 0 Å². The summed E-state index contributed by atoms with van der Waals surface area (Å²) in [5, 5.41) is 1.03. The molecule has 1 fully saturated rings. The molecule has 0 N–H and O–H groups in total. The van der Waals surface area contributed by atoms with Crippen molar-refractivity contribution in [2.24, 2.45) is 0 Å². The largest absolute Gasteiger partial charge is 0.493 e. The first kappa shape index (κ1) is 25.4. The fourth-order valence-corrected chi connectivity index (χ4v) is 4.65. The van der Waals surface area contributed by atoms with Gasteiger partial charge >= 0.3 is 5.97 Å². The molecule has 0 atom stereocenters. The van der Waals surface area contributed by atoms with Crippen molar-refractivity contribution in [1.29, 1.82) is 0 Å². The number of benzene rings is 2. The van der Waals surface area contributed by atoms with Crippen molar-refractivity contribution >= 4 is 69.5 Å². The number of halogens is 2. The zero-order chi connectivity index (χ0) is 24.0. The molecule has 1 amide bonds. The van der Waals surface area contributed by atoms with E-state index in [9.17, 15) is 9.59 Å². The van der Waals surface area contributed by atoms with Crippen LogP contribution in [0.15, 0.2) is 41.3 Å². The third-order valence-corrected chi connectivity index (χ3v) is 6.63. The molecule has 1 aliphatic heterocycles. The number of esters is 1. The molecule has 2 aromatic rings. The van der Waals surface area contributed by atoms with Gasteiger partial charge in [0.05, 0.1) is 18.6 Å². The number of thiocarbonyl (C=S) groups is 1. The lowest BCUT2D eigenvalue weighted by molar-refractivity contribution is -0.146. The first-order valence-electron chi connectivity index (χ1n) is 9.98. The van der Waals surface area contributed by atoms with Crippen molar-refractivity contribution in [3.63, 3.8) is 0 Å². The number of methoxy groups -OCH3 is 1. The standard InChI is InChI=1S/C23H21Cl2NO5S2/c1-3-9-30-21(27)12-26-22(28)20(33-23(26)32)11-14-7-8-18(19(10-14)29-2)31-13-15-16(24)5-4-6-17(15)25/h4-8,10-11H,3,9,12-13H2,1-2H3. The van der Waals surface area contributed by atoms with E-state index in [1.165, 1.54) is 12.0 Å². The molecule has 0 aliphatic carbocycles. The quantitative estimate of drug-likeness (QED) is 0.235. The Morgan fingerprint density at radius 3 is 2.58 bits per heavy atom. The van der Waals surface area contributed by atoms with Crippen LogP contribution in [-0.2, 0) is 20.9 Å². The number of ether oxygens (including phenoxy) is 3. The monoisotopic (exact) mass is 525 g/mol. The molecule has 0 radical (unpaired) electrons. The van der Waals surface area contributed by atoms with E-state index < -0.39 is 5.97 Å². The van der Waals surface area contributed by atoms with Gasteiger partial charge in [-0.05, 0) is 42.3 Å². The Morgan fingerprint density at radius 2 is 1.91 bits per heavy atom. The maximum Gasteiger partial charge on any atom is 0.326 e. The fourth-order valence-electron chi connectivity index (χ4n) is 2.89. The first-order chi connectivity index (χ1) is 15.8. The minimum absolute atomic E-state index is 0.168. The topological polar surface area (TPSA) is 65.1 Å². The lowest BCUT2D eigenvalue weighted by atomic mass is 10.1. The maximum absolute atomic E-state index is 12.7. The lowest BCUT2D eigenvalue weighted by Crippen LogP contribution is -2.34. The second-order valence-corrected chi connectivity index (χ2v) is 9.38. The molecule has 3 rings (SSSR count). The van der Waals surface area contributed by atoms with Crippen LogP contribution in [0.1, 0.15) is 24.5 Å². The fraction of sp³-hybridized carbons (Fsp3) is 0.261. The predicted molar refractivity (Wildman–Crippen MR) is 135 cm³/mol. The zero-order valence-electron chi connectivity index (χ0n) is 17.9. The van der Waals surface area contributed by atoms with Crippen molar-refractivity contribution in [2.75, 3.05) is 20.3 Å². The van der Waals surface area contributed by atoms with Crippen LogP contribution < -0.4 is 9.47 Å². The summed E-state index contributed by atoms with van der Waals surface area (Å²) < 4.78 is 16.7. The van der Waals surface area contributed by atoms with Crippen molar-refractivity contribution in [2.45, 2.75) is 20.0 Å². The van der Waals surface area contributed by atoms with Crippen LogP contribution in [0.5, 0.6) is 11.5 Å². The Labute approximate surface area is 211 Å². The van der Waals surface area contributed by atoms with Crippen molar-refractivity contribution < 1.29 is 23.8 Å². The smallest absolute Gasteiger partial charge is 0.326 e. The van der Waals surface area contributed by atoms with Gasteiger partial charge in [0, 0.05) is 15.6 Å². The summed E-state index contributed by atoms with van der Waals surface area (Å²) in [5.41, 5.74) is 1.39. The Kier molecular flexibility index (Phi) is 9.02. The van der Waals surface area contributed by atoms with E-state index >= 15 is 0 Å². The van der Waals surface area contributed by atoms with Crippen LogP contribution in [0.25, 0.3) is 6.08 Å². The van der Waals surface area contributed by atoms with Gasteiger partial charge < -0.3 is 14.2 Å². The number of hydrogen-bond acceptors (Lipinski definition) is 7. The van der Waals surface area contributed by atoms with E-state index in [0.717, 1.165) is 11.8 Å². The van der Waals surface area contributed by atoms with Gasteiger partial charge in [0.1, 0.15) is 17.5 Å². The number of rotatable bonds is 9. The predicted octanol–water partition coefficient (Wildman–Crippen LogP) is 5.74. The van der Waals surface area contributed by atoms with Crippen molar-refractivity contribution in [3.8, 4) is 11.5 Å². The highest BCUT2D eigenvalue weighted by atomic mass is 35.5. The first-order valence-corrected chi connectivity index (χ1v) is 12.0. The second kappa shape index (κ2) is 11.7. The van der Waals surface area contributed by atoms with Crippen LogP contribution in [0.2, 0.25) is 10.0 Å². The average molecular weight is 526 g/mol. The second-order valence-electron chi connectivity index (χ2n) is 6.89. The molecule has 1 heterocycles. The highest BCUT2D eigenvalue weighted by molar-refractivity contribution is 8.26. The molecule has 0 saturated carbocycles. The molecule has 10 heteroatoms. The normalized spacial score (nSPS) is 14.7.